The molecule has 0 spiro atoms. The molecule has 0 unspecified atom stereocenters. The van der Waals surface area contributed by atoms with Gasteiger partial charge in [-0.25, -0.2) is 0 Å². The number of non-ortho nitro benzene ring substituents is 1. The third kappa shape index (κ3) is 4.76. The Bertz CT molecular complexity index is 891. The third-order valence-electron chi connectivity index (χ3n) is 5.64. The molecule has 3 rings (SSSR count). The fraction of sp³-hybridized carbons (Fsp3) is 0.364. The van der Waals surface area contributed by atoms with Crippen molar-refractivity contribution in [2.45, 2.75) is 25.2 Å². The van der Waals surface area contributed by atoms with Crippen LogP contribution in [0.2, 0.25) is 0 Å². The molecule has 0 radical (unpaired) electrons. The van der Waals surface area contributed by atoms with E-state index in [-0.39, 0.29) is 17.5 Å². The first kappa shape index (κ1) is 21.3. The molecule has 1 saturated heterocycles. The molecule has 2 amide bonds. The SMILES string of the molecule is CC(=O)N1CCC(C(=O)NCCNc2ccc([N+](=O)[O-])cc2)(c2ccccc2)CC1. The van der Waals surface area contributed by atoms with Gasteiger partial charge < -0.3 is 15.5 Å². The van der Waals surface area contributed by atoms with Crippen LogP contribution >= 0.6 is 0 Å². The molecule has 0 bridgehead atoms. The van der Waals surface area contributed by atoms with E-state index in [9.17, 15) is 19.7 Å². The zero-order valence-electron chi connectivity index (χ0n) is 17.0. The van der Waals surface area contributed by atoms with Gasteiger partial charge in [0.1, 0.15) is 0 Å². The van der Waals surface area contributed by atoms with Crippen LogP contribution in [0.5, 0.6) is 0 Å². The van der Waals surface area contributed by atoms with E-state index >= 15 is 0 Å². The Morgan fingerprint density at radius 2 is 1.67 bits per heavy atom. The van der Waals surface area contributed by atoms with E-state index in [1.165, 1.54) is 12.1 Å². The number of anilines is 1. The summed E-state index contributed by atoms with van der Waals surface area (Å²) in [6.07, 6.45) is 1.16. The van der Waals surface area contributed by atoms with Crippen LogP contribution < -0.4 is 10.6 Å². The predicted octanol–water partition coefficient (Wildman–Crippen LogP) is 2.70. The number of likely N-dealkylation sites (tertiary alicyclic amines) is 1. The summed E-state index contributed by atoms with van der Waals surface area (Å²) in [7, 11) is 0. The minimum atomic E-state index is -0.652. The molecule has 0 aliphatic carbocycles. The molecule has 2 N–H and O–H groups in total. The van der Waals surface area contributed by atoms with E-state index in [1.54, 1.807) is 24.0 Å². The summed E-state index contributed by atoms with van der Waals surface area (Å²) in [6.45, 7) is 3.58. The lowest BCUT2D eigenvalue weighted by atomic mass is 9.72. The fourth-order valence-electron chi connectivity index (χ4n) is 3.86. The van der Waals surface area contributed by atoms with Gasteiger partial charge in [-0.3, -0.25) is 19.7 Å². The summed E-state index contributed by atoms with van der Waals surface area (Å²) in [5.74, 6) is -0.00762. The zero-order valence-corrected chi connectivity index (χ0v) is 17.0. The lowest BCUT2D eigenvalue weighted by Gasteiger charge is -2.40. The van der Waals surface area contributed by atoms with Gasteiger partial charge in [0, 0.05) is 50.9 Å². The Hall–Kier alpha value is -3.42. The van der Waals surface area contributed by atoms with Crippen molar-refractivity contribution in [3.63, 3.8) is 0 Å². The highest BCUT2D eigenvalue weighted by atomic mass is 16.6. The number of nitrogens with one attached hydrogen (secondary N) is 2. The Morgan fingerprint density at radius 1 is 1.03 bits per heavy atom. The van der Waals surface area contributed by atoms with Crippen molar-refractivity contribution in [2.75, 3.05) is 31.5 Å². The maximum Gasteiger partial charge on any atom is 0.269 e. The second-order valence-corrected chi connectivity index (χ2v) is 7.44. The van der Waals surface area contributed by atoms with Gasteiger partial charge in [-0.15, -0.1) is 0 Å². The second kappa shape index (κ2) is 9.39. The highest BCUT2D eigenvalue weighted by Crippen LogP contribution is 2.36. The van der Waals surface area contributed by atoms with Crippen molar-refractivity contribution in [3.05, 3.63) is 70.3 Å². The van der Waals surface area contributed by atoms with Gasteiger partial charge in [0.25, 0.3) is 5.69 Å². The van der Waals surface area contributed by atoms with Crippen LogP contribution in [-0.4, -0.2) is 47.8 Å². The van der Waals surface area contributed by atoms with E-state index in [0.717, 1.165) is 11.3 Å². The summed E-state index contributed by atoms with van der Waals surface area (Å²) in [5.41, 5.74) is 1.10. The summed E-state index contributed by atoms with van der Waals surface area (Å²) in [4.78, 5) is 37.0. The first-order valence-electron chi connectivity index (χ1n) is 10.00. The van der Waals surface area contributed by atoms with Crippen molar-refractivity contribution >= 4 is 23.2 Å². The molecule has 1 aliphatic rings. The fourth-order valence-corrected chi connectivity index (χ4v) is 3.86. The van der Waals surface area contributed by atoms with Crippen LogP contribution in [0.3, 0.4) is 0 Å². The molecule has 1 fully saturated rings. The largest absolute Gasteiger partial charge is 0.383 e. The number of hydrogen-bond donors (Lipinski definition) is 2. The molecule has 30 heavy (non-hydrogen) atoms. The standard InChI is InChI=1S/C22H26N4O4/c1-17(27)25-15-11-22(12-16-25,18-5-3-2-4-6-18)21(28)24-14-13-23-19-7-9-20(10-8-19)26(29)30/h2-10,23H,11-16H2,1H3,(H,24,28). The average Bonchev–Trinajstić information content (AvgIpc) is 2.77. The minimum absolute atomic E-state index is 0.0318. The monoisotopic (exact) mass is 410 g/mol. The van der Waals surface area contributed by atoms with Crippen molar-refractivity contribution in [2.24, 2.45) is 0 Å². The van der Waals surface area contributed by atoms with Crippen molar-refractivity contribution < 1.29 is 14.5 Å². The van der Waals surface area contributed by atoms with Gasteiger partial charge in [-0.2, -0.15) is 0 Å². The smallest absolute Gasteiger partial charge is 0.269 e. The highest BCUT2D eigenvalue weighted by molar-refractivity contribution is 5.88. The summed E-state index contributed by atoms with van der Waals surface area (Å²) in [5, 5.41) is 16.9. The van der Waals surface area contributed by atoms with Gasteiger partial charge in [0.05, 0.1) is 10.3 Å². The quantitative estimate of drug-likeness (QED) is 0.415. The Labute approximate surface area is 175 Å². The Balaban J connectivity index is 1.60. The molecule has 8 nitrogen and oxygen atoms in total. The second-order valence-electron chi connectivity index (χ2n) is 7.44. The first-order valence-corrected chi connectivity index (χ1v) is 10.00. The molecular weight excluding hydrogens is 384 g/mol. The number of nitrogens with zero attached hydrogens (tertiary/aromatic N) is 2. The van der Waals surface area contributed by atoms with E-state index in [2.05, 4.69) is 10.6 Å². The van der Waals surface area contributed by atoms with Crippen molar-refractivity contribution in [3.8, 4) is 0 Å². The van der Waals surface area contributed by atoms with Crippen molar-refractivity contribution in [1.82, 2.24) is 10.2 Å². The average molecular weight is 410 g/mol. The van der Waals surface area contributed by atoms with Gasteiger partial charge in [0.15, 0.2) is 0 Å². The van der Waals surface area contributed by atoms with Crippen LogP contribution in [0.25, 0.3) is 0 Å². The molecule has 2 aromatic rings. The maximum absolute atomic E-state index is 13.2. The molecule has 0 aromatic heterocycles. The van der Waals surface area contributed by atoms with E-state index in [0.29, 0.717) is 39.0 Å². The number of carbonyl (C=O) groups excluding carboxylic acids is 2. The predicted molar refractivity (Wildman–Crippen MR) is 114 cm³/mol. The molecular formula is C22H26N4O4. The molecule has 1 heterocycles. The van der Waals surface area contributed by atoms with Crippen LogP contribution in [0, 0.1) is 10.1 Å². The van der Waals surface area contributed by atoms with Crippen LogP contribution in [-0.2, 0) is 15.0 Å². The lowest BCUT2D eigenvalue weighted by Crippen LogP contribution is -2.53. The summed E-state index contributed by atoms with van der Waals surface area (Å²) < 4.78 is 0. The third-order valence-corrected chi connectivity index (χ3v) is 5.64. The molecule has 0 saturated carbocycles. The first-order chi connectivity index (χ1) is 14.4. The maximum atomic E-state index is 13.2. The zero-order chi connectivity index (χ0) is 21.6. The molecule has 158 valence electrons. The van der Waals surface area contributed by atoms with Crippen LogP contribution in [0.4, 0.5) is 11.4 Å². The van der Waals surface area contributed by atoms with Gasteiger partial charge in [-0.1, -0.05) is 30.3 Å². The number of benzene rings is 2. The number of carbonyl (C=O) groups is 2. The molecule has 8 heteroatoms. The molecule has 0 atom stereocenters. The topological polar surface area (TPSA) is 105 Å². The van der Waals surface area contributed by atoms with Gasteiger partial charge in [-0.05, 0) is 30.5 Å². The number of nitro groups is 1. The van der Waals surface area contributed by atoms with Crippen LogP contribution in [0.1, 0.15) is 25.3 Å². The highest BCUT2D eigenvalue weighted by Gasteiger charge is 2.43. The summed E-state index contributed by atoms with van der Waals surface area (Å²) in [6, 6.07) is 15.9. The van der Waals surface area contributed by atoms with E-state index in [1.807, 2.05) is 30.3 Å². The normalized spacial score (nSPS) is 15.3. The molecule has 1 aliphatic heterocycles. The van der Waals surface area contributed by atoms with Gasteiger partial charge >= 0.3 is 0 Å². The number of amides is 2. The van der Waals surface area contributed by atoms with E-state index < -0.39 is 10.3 Å². The van der Waals surface area contributed by atoms with Crippen molar-refractivity contribution in [1.29, 1.82) is 0 Å². The lowest BCUT2D eigenvalue weighted by molar-refractivity contribution is -0.384. The number of rotatable bonds is 7. The Kier molecular flexibility index (Phi) is 6.66. The number of piperidine rings is 1. The van der Waals surface area contributed by atoms with Gasteiger partial charge in [0.2, 0.25) is 11.8 Å². The minimum Gasteiger partial charge on any atom is -0.383 e. The molecule has 2 aromatic carbocycles. The Morgan fingerprint density at radius 3 is 2.23 bits per heavy atom. The van der Waals surface area contributed by atoms with Crippen LogP contribution in [0.15, 0.2) is 54.6 Å². The van der Waals surface area contributed by atoms with E-state index in [4.69, 9.17) is 0 Å². The number of hydrogen-bond acceptors (Lipinski definition) is 5. The number of nitro benzene ring substituents is 1. The summed E-state index contributed by atoms with van der Waals surface area (Å²) >= 11 is 0.